The van der Waals surface area contributed by atoms with Gasteiger partial charge in [0.15, 0.2) is 5.11 Å². The number of aliphatic imine (C=N–C) groups is 1. The summed E-state index contributed by atoms with van der Waals surface area (Å²) in [5, 5.41) is 11.5. The van der Waals surface area contributed by atoms with E-state index in [0.29, 0.717) is 11.7 Å². The molecule has 2 aliphatic heterocycles. The summed E-state index contributed by atoms with van der Waals surface area (Å²) in [5.74, 6) is 0.759. The van der Waals surface area contributed by atoms with Gasteiger partial charge in [-0.2, -0.15) is 0 Å². The molecule has 1 unspecified atom stereocenters. The van der Waals surface area contributed by atoms with Crippen LogP contribution < -0.4 is 0 Å². The first-order valence-corrected chi connectivity index (χ1v) is 8.85. The third-order valence-electron chi connectivity index (χ3n) is 4.48. The molecule has 4 rings (SSSR count). The Morgan fingerprint density at radius 2 is 1.81 bits per heavy atom. The number of nitrogens with zero attached hydrogens (tertiary/aromatic N) is 4. The maximum Gasteiger partial charge on any atom is 0.269 e. The molecule has 134 valence electrons. The minimum absolute atomic E-state index is 0.0646. The summed E-state index contributed by atoms with van der Waals surface area (Å²) >= 11 is 5.58. The van der Waals surface area contributed by atoms with E-state index in [2.05, 4.69) is 4.99 Å². The van der Waals surface area contributed by atoms with Gasteiger partial charge in [0.05, 0.1) is 4.92 Å². The molecule has 0 saturated carbocycles. The zero-order valence-corrected chi connectivity index (χ0v) is 15.1. The van der Waals surface area contributed by atoms with E-state index in [4.69, 9.17) is 12.2 Å². The molecule has 2 heterocycles. The highest BCUT2D eigenvalue weighted by Crippen LogP contribution is 2.33. The zero-order chi connectivity index (χ0) is 18.8. The Morgan fingerprint density at radius 3 is 2.52 bits per heavy atom. The highest BCUT2D eigenvalue weighted by molar-refractivity contribution is 7.80. The smallest absolute Gasteiger partial charge is 0.269 e. The van der Waals surface area contributed by atoms with Crippen molar-refractivity contribution < 1.29 is 4.92 Å². The number of non-ortho nitro benzene ring substituents is 1. The average molecular weight is 376 g/mol. The lowest BCUT2D eigenvalue weighted by Gasteiger charge is -2.43. The van der Waals surface area contributed by atoms with Crippen molar-refractivity contribution in [3.8, 4) is 0 Å². The summed E-state index contributed by atoms with van der Waals surface area (Å²) in [6.45, 7) is 0.589. The van der Waals surface area contributed by atoms with Crippen LogP contribution in [-0.2, 0) is 6.54 Å². The molecule has 0 N–H and O–H groups in total. The number of amidine groups is 1. The summed E-state index contributed by atoms with van der Waals surface area (Å²) in [5.41, 5.74) is 2.09. The van der Waals surface area contributed by atoms with Crippen molar-refractivity contribution in [3.05, 3.63) is 100 Å². The van der Waals surface area contributed by atoms with E-state index in [1.165, 1.54) is 12.1 Å². The van der Waals surface area contributed by atoms with E-state index in [1.54, 1.807) is 12.1 Å². The van der Waals surface area contributed by atoms with Crippen molar-refractivity contribution in [2.75, 3.05) is 0 Å². The fourth-order valence-corrected chi connectivity index (χ4v) is 3.47. The number of rotatable bonds is 4. The van der Waals surface area contributed by atoms with E-state index in [1.807, 2.05) is 64.6 Å². The van der Waals surface area contributed by atoms with E-state index in [-0.39, 0.29) is 11.9 Å². The molecule has 0 amide bonds. The number of nitro benzene ring substituents is 1. The second-order valence-corrected chi connectivity index (χ2v) is 6.56. The van der Waals surface area contributed by atoms with E-state index in [9.17, 15) is 10.1 Å². The number of fused-ring (bicyclic) bond motifs is 1. The van der Waals surface area contributed by atoms with Gasteiger partial charge in [-0.3, -0.25) is 10.1 Å². The van der Waals surface area contributed by atoms with Gasteiger partial charge in [0, 0.05) is 24.9 Å². The van der Waals surface area contributed by atoms with E-state index < -0.39 is 4.92 Å². The third kappa shape index (κ3) is 3.37. The summed E-state index contributed by atoms with van der Waals surface area (Å²) in [4.78, 5) is 19.2. The van der Waals surface area contributed by atoms with Gasteiger partial charge >= 0.3 is 0 Å². The molecular formula is C20H16N4O2S. The molecule has 0 saturated heterocycles. The fourth-order valence-electron chi connectivity index (χ4n) is 3.21. The molecule has 0 aromatic heterocycles. The van der Waals surface area contributed by atoms with Crippen molar-refractivity contribution in [2.24, 2.45) is 4.99 Å². The molecule has 7 heteroatoms. The van der Waals surface area contributed by atoms with Gasteiger partial charge in [-0.25, -0.2) is 4.99 Å². The Hall–Kier alpha value is -3.32. The standard InChI is InChI=1S/C20H16N4O2S/c25-24(26)17-11-9-16(10-12-17)19-22-13-5-4-8-18(22)21-20(27)23(19)14-15-6-2-1-3-7-15/h1-13,19H,14H2. The number of nitro groups is 1. The maximum absolute atomic E-state index is 11.0. The largest absolute Gasteiger partial charge is 0.318 e. The zero-order valence-electron chi connectivity index (χ0n) is 14.3. The van der Waals surface area contributed by atoms with Gasteiger partial charge in [0.25, 0.3) is 5.69 Å². The average Bonchev–Trinajstić information content (AvgIpc) is 2.69. The molecule has 2 aliphatic rings. The molecule has 2 aromatic carbocycles. The Morgan fingerprint density at radius 1 is 1.07 bits per heavy atom. The molecular weight excluding hydrogens is 360 g/mol. The molecule has 6 nitrogen and oxygen atoms in total. The van der Waals surface area contributed by atoms with Gasteiger partial charge in [-0.05, 0) is 47.6 Å². The Kier molecular flexibility index (Phi) is 4.52. The Bertz CT molecular complexity index is 967. The van der Waals surface area contributed by atoms with E-state index >= 15 is 0 Å². The number of hydrogen-bond donors (Lipinski definition) is 0. The van der Waals surface area contributed by atoms with Crippen molar-refractivity contribution in [2.45, 2.75) is 12.7 Å². The fraction of sp³-hybridized carbons (Fsp3) is 0.100. The van der Waals surface area contributed by atoms with Gasteiger partial charge in [0.1, 0.15) is 12.0 Å². The Balaban J connectivity index is 1.75. The van der Waals surface area contributed by atoms with Crippen molar-refractivity contribution in [1.29, 1.82) is 0 Å². The Labute approximate surface area is 161 Å². The molecule has 0 radical (unpaired) electrons. The first-order valence-electron chi connectivity index (χ1n) is 8.44. The van der Waals surface area contributed by atoms with Crippen LogP contribution in [0.4, 0.5) is 5.69 Å². The summed E-state index contributed by atoms with van der Waals surface area (Å²) < 4.78 is 0. The predicted molar refractivity (Wildman–Crippen MR) is 108 cm³/mol. The molecule has 0 bridgehead atoms. The summed E-state index contributed by atoms with van der Waals surface area (Å²) in [7, 11) is 0. The van der Waals surface area contributed by atoms with Gasteiger partial charge in [-0.15, -0.1) is 0 Å². The van der Waals surface area contributed by atoms with Crippen molar-refractivity contribution >= 4 is 28.9 Å². The second-order valence-electron chi connectivity index (χ2n) is 6.20. The maximum atomic E-state index is 11.0. The molecule has 2 aromatic rings. The molecule has 0 aliphatic carbocycles. The predicted octanol–water partition coefficient (Wildman–Crippen LogP) is 4.18. The quantitative estimate of drug-likeness (QED) is 0.455. The lowest BCUT2D eigenvalue weighted by Crippen LogP contribution is -2.48. The SMILES string of the molecule is O=[N+]([O-])c1ccc(C2N3C=CC=CC3=NC(=S)N2Cc2ccccc2)cc1. The number of benzene rings is 2. The second kappa shape index (κ2) is 7.13. The van der Waals surface area contributed by atoms with Gasteiger partial charge in [-0.1, -0.05) is 36.4 Å². The van der Waals surface area contributed by atoms with E-state index in [0.717, 1.165) is 17.0 Å². The third-order valence-corrected chi connectivity index (χ3v) is 4.81. The lowest BCUT2D eigenvalue weighted by atomic mass is 10.1. The minimum Gasteiger partial charge on any atom is -0.318 e. The van der Waals surface area contributed by atoms with Gasteiger partial charge in [0.2, 0.25) is 0 Å². The molecule has 27 heavy (non-hydrogen) atoms. The van der Waals surface area contributed by atoms with Gasteiger partial charge < -0.3 is 9.80 Å². The van der Waals surface area contributed by atoms with Crippen LogP contribution >= 0.6 is 12.2 Å². The van der Waals surface area contributed by atoms with Crippen LogP contribution in [0.2, 0.25) is 0 Å². The van der Waals surface area contributed by atoms with Crippen LogP contribution in [0, 0.1) is 10.1 Å². The number of allylic oxidation sites excluding steroid dienone is 2. The summed E-state index contributed by atoms with van der Waals surface area (Å²) in [6.07, 6.45) is 7.48. The first-order chi connectivity index (χ1) is 13.1. The normalized spacial score (nSPS) is 18.3. The molecule has 0 spiro atoms. The van der Waals surface area contributed by atoms with Crippen LogP contribution in [0.3, 0.4) is 0 Å². The van der Waals surface area contributed by atoms with Crippen LogP contribution in [0.1, 0.15) is 17.3 Å². The van der Waals surface area contributed by atoms with Crippen LogP contribution in [0.5, 0.6) is 0 Å². The van der Waals surface area contributed by atoms with Crippen LogP contribution in [0.25, 0.3) is 0 Å². The van der Waals surface area contributed by atoms with Crippen molar-refractivity contribution in [1.82, 2.24) is 9.80 Å². The monoisotopic (exact) mass is 376 g/mol. The molecule has 0 fully saturated rings. The number of thiocarbonyl (C=S) groups is 1. The number of hydrogen-bond acceptors (Lipinski definition) is 4. The minimum atomic E-state index is -0.395. The van der Waals surface area contributed by atoms with Crippen LogP contribution in [0.15, 0.2) is 84.0 Å². The highest BCUT2D eigenvalue weighted by Gasteiger charge is 2.34. The lowest BCUT2D eigenvalue weighted by molar-refractivity contribution is -0.384. The molecule has 1 atom stereocenters. The summed E-state index contributed by atoms with van der Waals surface area (Å²) in [6, 6.07) is 16.6. The van der Waals surface area contributed by atoms with Crippen molar-refractivity contribution in [3.63, 3.8) is 0 Å². The highest BCUT2D eigenvalue weighted by atomic mass is 32.1. The van der Waals surface area contributed by atoms with Crippen LogP contribution in [-0.4, -0.2) is 25.7 Å². The topological polar surface area (TPSA) is 62.0 Å². The first kappa shape index (κ1) is 17.1.